The van der Waals surface area contributed by atoms with Crippen LogP contribution < -0.4 is 19.6 Å². The summed E-state index contributed by atoms with van der Waals surface area (Å²) in [5, 5.41) is 1.12. The van der Waals surface area contributed by atoms with Crippen LogP contribution >= 0.6 is 0 Å². The molecule has 0 bridgehead atoms. The summed E-state index contributed by atoms with van der Waals surface area (Å²) in [6.07, 6.45) is 5.10. The van der Waals surface area contributed by atoms with Gasteiger partial charge in [-0.3, -0.25) is 4.79 Å². The maximum Gasteiger partial charge on any atom is 0.197 e. The number of hydrogen-bond acceptors (Lipinski definition) is 6. The summed E-state index contributed by atoms with van der Waals surface area (Å²) >= 11 is 0. The van der Waals surface area contributed by atoms with Gasteiger partial charge < -0.3 is 23.0 Å². The zero-order valence-electron chi connectivity index (χ0n) is 15.6. The molecule has 6 nitrogen and oxygen atoms in total. The molecule has 0 unspecified atom stereocenters. The lowest BCUT2D eigenvalue weighted by atomic mass is 10.1. The second-order valence-corrected chi connectivity index (χ2v) is 6.08. The average Bonchev–Trinajstić information content (AvgIpc) is 3.18. The Morgan fingerprint density at radius 3 is 2.43 bits per heavy atom. The predicted molar refractivity (Wildman–Crippen MR) is 107 cm³/mol. The Bertz CT molecular complexity index is 1250. The Morgan fingerprint density at radius 2 is 1.68 bits per heavy atom. The number of rotatable bonds is 5. The van der Waals surface area contributed by atoms with E-state index < -0.39 is 0 Å². The Morgan fingerprint density at radius 1 is 0.857 bits per heavy atom. The third kappa shape index (κ3) is 2.99. The minimum absolute atomic E-state index is 0.187. The van der Waals surface area contributed by atoms with Gasteiger partial charge in [0.2, 0.25) is 0 Å². The van der Waals surface area contributed by atoms with Crippen molar-refractivity contribution in [1.82, 2.24) is 0 Å². The van der Waals surface area contributed by atoms with Crippen molar-refractivity contribution in [2.24, 2.45) is 0 Å². The molecule has 0 N–H and O–H groups in total. The molecule has 142 valence electrons. The molecule has 2 heterocycles. The number of ether oxygens (including phenoxy) is 3. The fraction of sp³-hybridized carbons (Fsp3) is 0.136. The van der Waals surface area contributed by atoms with Gasteiger partial charge in [-0.1, -0.05) is 12.1 Å². The highest BCUT2D eigenvalue weighted by atomic mass is 16.5. The van der Waals surface area contributed by atoms with E-state index in [1.165, 1.54) is 13.2 Å². The van der Waals surface area contributed by atoms with Crippen LogP contribution in [0, 0.1) is 0 Å². The first-order valence-corrected chi connectivity index (χ1v) is 8.56. The highest BCUT2D eigenvalue weighted by Gasteiger charge is 2.15. The van der Waals surface area contributed by atoms with Crippen LogP contribution in [0.1, 0.15) is 11.3 Å². The van der Waals surface area contributed by atoms with E-state index in [2.05, 4.69) is 0 Å². The number of furan rings is 1. The van der Waals surface area contributed by atoms with Crippen molar-refractivity contribution in [2.75, 3.05) is 21.3 Å². The smallest absolute Gasteiger partial charge is 0.197 e. The van der Waals surface area contributed by atoms with E-state index in [9.17, 15) is 4.79 Å². The summed E-state index contributed by atoms with van der Waals surface area (Å²) in [4.78, 5) is 12.7. The van der Waals surface area contributed by atoms with Gasteiger partial charge in [0.15, 0.2) is 16.9 Å². The summed E-state index contributed by atoms with van der Waals surface area (Å²) in [6.45, 7) is 0. The monoisotopic (exact) mass is 378 g/mol. The largest absolute Gasteiger partial charge is 0.495 e. The molecular weight excluding hydrogens is 360 g/mol. The first-order valence-electron chi connectivity index (χ1n) is 8.56. The Balaban J connectivity index is 1.79. The van der Waals surface area contributed by atoms with Crippen molar-refractivity contribution < 1.29 is 23.0 Å². The van der Waals surface area contributed by atoms with Crippen LogP contribution in [0.25, 0.3) is 34.1 Å². The standard InChI is InChI=1S/C22H18O6/c1-24-17-7-5-13(10-19(17)25-2)4-6-14-11-16(23)21-20(28-14)12-18-15(8-9-27-18)22(21)26-3/h4-12H,1-3H3/b6-4+. The predicted octanol–water partition coefficient (Wildman–Crippen LogP) is 4.74. The molecule has 0 aliphatic carbocycles. The summed E-state index contributed by atoms with van der Waals surface area (Å²) in [5.74, 6) is 2.13. The number of hydrogen-bond donors (Lipinski definition) is 0. The minimum Gasteiger partial charge on any atom is -0.495 e. The average molecular weight is 378 g/mol. The van der Waals surface area contributed by atoms with Crippen LogP contribution in [0.3, 0.4) is 0 Å². The quantitative estimate of drug-likeness (QED) is 0.500. The van der Waals surface area contributed by atoms with Gasteiger partial charge in [-0.2, -0.15) is 0 Å². The molecule has 2 aromatic heterocycles. The third-order valence-corrected chi connectivity index (χ3v) is 4.47. The highest BCUT2D eigenvalue weighted by Crippen LogP contribution is 2.34. The molecule has 0 spiro atoms. The lowest BCUT2D eigenvalue weighted by Gasteiger charge is -2.08. The van der Waals surface area contributed by atoms with Gasteiger partial charge in [0.1, 0.15) is 28.1 Å². The summed E-state index contributed by atoms with van der Waals surface area (Å²) in [6, 6.07) is 10.4. The zero-order valence-corrected chi connectivity index (χ0v) is 15.6. The van der Waals surface area contributed by atoms with Crippen LogP contribution in [0.15, 0.2) is 56.3 Å². The Labute approximate surface area is 160 Å². The van der Waals surface area contributed by atoms with Crippen LogP contribution in [-0.2, 0) is 0 Å². The van der Waals surface area contributed by atoms with E-state index in [4.69, 9.17) is 23.0 Å². The van der Waals surface area contributed by atoms with Gasteiger partial charge in [0, 0.05) is 12.1 Å². The third-order valence-electron chi connectivity index (χ3n) is 4.47. The van der Waals surface area contributed by atoms with Gasteiger partial charge in [0.05, 0.1) is 33.0 Å². The molecule has 6 heteroatoms. The molecule has 28 heavy (non-hydrogen) atoms. The minimum atomic E-state index is -0.187. The lowest BCUT2D eigenvalue weighted by molar-refractivity contribution is 0.355. The normalized spacial score (nSPS) is 11.4. The molecule has 0 radical (unpaired) electrons. The molecule has 0 aliphatic heterocycles. The molecule has 0 amide bonds. The molecule has 4 aromatic rings. The van der Waals surface area contributed by atoms with E-state index in [1.807, 2.05) is 24.3 Å². The molecular formula is C22H18O6. The number of benzene rings is 2. The first kappa shape index (κ1) is 17.7. The highest BCUT2D eigenvalue weighted by molar-refractivity contribution is 6.01. The zero-order chi connectivity index (χ0) is 19.7. The van der Waals surface area contributed by atoms with E-state index >= 15 is 0 Å². The molecule has 0 aliphatic rings. The Hall–Kier alpha value is -3.67. The first-order chi connectivity index (χ1) is 13.6. The van der Waals surface area contributed by atoms with Crippen LogP contribution in [0.4, 0.5) is 0 Å². The van der Waals surface area contributed by atoms with E-state index in [-0.39, 0.29) is 5.43 Å². The van der Waals surface area contributed by atoms with E-state index in [1.54, 1.807) is 38.7 Å². The van der Waals surface area contributed by atoms with Crippen molar-refractivity contribution >= 4 is 34.1 Å². The van der Waals surface area contributed by atoms with Gasteiger partial charge >= 0.3 is 0 Å². The summed E-state index contributed by atoms with van der Waals surface area (Å²) in [7, 11) is 4.68. The van der Waals surface area contributed by atoms with Crippen molar-refractivity contribution in [3.05, 3.63) is 64.2 Å². The number of methoxy groups -OCH3 is 3. The van der Waals surface area contributed by atoms with Gasteiger partial charge in [-0.15, -0.1) is 0 Å². The van der Waals surface area contributed by atoms with Crippen LogP contribution in [-0.4, -0.2) is 21.3 Å². The number of fused-ring (bicyclic) bond motifs is 2. The van der Waals surface area contributed by atoms with Gasteiger partial charge in [-0.25, -0.2) is 0 Å². The molecule has 0 saturated carbocycles. The van der Waals surface area contributed by atoms with Gasteiger partial charge in [-0.05, 0) is 29.8 Å². The maximum atomic E-state index is 12.7. The maximum absolute atomic E-state index is 12.7. The molecule has 4 rings (SSSR count). The molecule has 0 fully saturated rings. The molecule has 0 atom stereocenters. The summed E-state index contributed by atoms with van der Waals surface area (Å²) < 4.78 is 27.3. The second kappa shape index (κ2) is 7.15. The van der Waals surface area contributed by atoms with Crippen molar-refractivity contribution in [1.29, 1.82) is 0 Å². The second-order valence-electron chi connectivity index (χ2n) is 6.08. The van der Waals surface area contributed by atoms with E-state index in [0.29, 0.717) is 39.6 Å². The van der Waals surface area contributed by atoms with Crippen LogP contribution in [0.5, 0.6) is 17.2 Å². The SMILES string of the molecule is COc1ccc(/C=C/c2cc(=O)c3c(OC)c4ccoc4cc3o2)cc1OC. The summed E-state index contributed by atoms with van der Waals surface area (Å²) in [5.41, 5.74) is 1.68. The van der Waals surface area contributed by atoms with Gasteiger partial charge in [0.25, 0.3) is 0 Å². The van der Waals surface area contributed by atoms with Crippen molar-refractivity contribution in [3.8, 4) is 17.2 Å². The van der Waals surface area contributed by atoms with E-state index in [0.717, 1.165) is 10.9 Å². The van der Waals surface area contributed by atoms with Crippen molar-refractivity contribution in [2.45, 2.75) is 0 Å². The Kier molecular flexibility index (Phi) is 4.53. The van der Waals surface area contributed by atoms with Crippen LogP contribution in [0.2, 0.25) is 0 Å². The molecule has 0 saturated heterocycles. The molecule has 2 aromatic carbocycles. The topological polar surface area (TPSA) is 71.0 Å². The van der Waals surface area contributed by atoms with Crippen molar-refractivity contribution in [3.63, 3.8) is 0 Å². The fourth-order valence-electron chi connectivity index (χ4n) is 3.16. The fourth-order valence-corrected chi connectivity index (χ4v) is 3.16. The lowest BCUT2D eigenvalue weighted by Crippen LogP contribution is -2.03.